The van der Waals surface area contributed by atoms with Gasteiger partial charge in [0.2, 0.25) is 0 Å². The van der Waals surface area contributed by atoms with E-state index in [0.29, 0.717) is 30.6 Å². The van der Waals surface area contributed by atoms with Crippen molar-refractivity contribution in [1.29, 1.82) is 0 Å². The van der Waals surface area contributed by atoms with Crippen molar-refractivity contribution in [2.75, 3.05) is 6.61 Å². The Labute approximate surface area is 236 Å². The highest BCUT2D eigenvalue weighted by Crippen LogP contribution is 2.66. The maximum atomic E-state index is 13.8. The Morgan fingerprint density at radius 1 is 1.08 bits per heavy atom. The van der Waals surface area contributed by atoms with E-state index in [2.05, 4.69) is 45.2 Å². The second-order valence-corrected chi connectivity index (χ2v) is 13.9. The lowest BCUT2D eigenvalue weighted by Crippen LogP contribution is -2.67. The SMILES string of the molecule is O=C1OC2(Oc3cc(I)c(I)cc31)C1CC3CC2CC(C(=O)OCCC(F)(F)C(F)(F)S(=O)(=O)[O-])(C3)C1. The molecule has 2 unspecified atom stereocenters. The lowest BCUT2D eigenvalue weighted by molar-refractivity contribution is -0.294. The normalized spacial score (nSPS) is 32.6. The average molecular weight is 773 g/mol. The van der Waals surface area contributed by atoms with Crippen molar-refractivity contribution in [2.45, 2.75) is 55.5 Å². The predicted octanol–water partition coefficient (Wildman–Crippen LogP) is 4.67. The van der Waals surface area contributed by atoms with Crippen molar-refractivity contribution in [3.8, 4) is 5.75 Å². The fraction of sp³-hybridized carbons (Fsp3) is 0.636. The molecule has 5 aliphatic rings. The van der Waals surface area contributed by atoms with E-state index in [1.807, 2.05) is 0 Å². The summed E-state index contributed by atoms with van der Waals surface area (Å²) in [5.74, 6) is -8.19. The van der Waals surface area contributed by atoms with Crippen LogP contribution in [0.5, 0.6) is 5.75 Å². The molecule has 8 nitrogen and oxygen atoms in total. The number of carbonyl (C=O) groups excluding carboxylic acids is 2. The number of halogens is 6. The lowest BCUT2D eigenvalue weighted by Gasteiger charge is -2.62. The van der Waals surface area contributed by atoms with Crippen molar-refractivity contribution in [2.24, 2.45) is 23.2 Å². The zero-order valence-corrected chi connectivity index (χ0v) is 23.9. The van der Waals surface area contributed by atoms with E-state index in [4.69, 9.17) is 14.2 Å². The second kappa shape index (κ2) is 8.78. The van der Waals surface area contributed by atoms with Crippen molar-refractivity contribution < 1.29 is 54.3 Å². The van der Waals surface area contributed by atoms with Crippen LogP contribution in [0, 0.1) is 30.3 Å². The van der Waals surface area contributed by atoms with Gasteiger partial charge in [0.05, 0.1) is 18.4 Å². The van der Waals surface area contributed by atoms with Gasteiger partial charge in [0.15, 0.2) is 10.1 Å². The summed E-state index contributed by atoms with van der Waals surface area (Å²) in [6.45, 7) is -1.19. The Morgan fingerprint density at radius 3 is 2.27 bits per heavy atom. The lowest BCUT2D eigenvalue weighted by atomic mass is 9.47. The van der Waals surface area contributed by atoms with Crippen LogP contribution in [0.1, 0.15) is 48.9 Å². The molecule has 6 rings (SSSR count). The van der Waals surface area contributed by atoms with Crippen LogP contribution in [-0.2, 0) is 24.4 Å². The molecule has 1 aromatic carbocycles. The molecule has 4 bridgehead atoms. The Balaban J connectivity index is 1.32. The van der Waals surface area contributed by atoms with Gasteiger partial charge >= 0.3 is 23.1 Å². The molecule has 0 N–H and O–H groups in total. The zero-order chi connectivity index (χ0) is 27.2. The van der Waals surface area contributed by atoms with Crippen LogP contribution in [0.4, 0.5) is 17.6 Å². The molecule has 1 aromatic rings. The van der Waals surface area contributed by atoms with Crippen LogP contribution >= 0.6 is 45.2 Å². The number of alkyl halides is 4. The molecule has 37 heavy (non-hydrogen) atoms. The zero-order valence-electron chi connectivity index (χ0n) is 18.8. The topological polar surface area (TPSA) is 119 Å². The summed E-state index contributed by atoms with van der Waals surface area (Å²) in [7, 11) is -6.62. The molecule has 4 aliphatic carbocycles. The number of esters is 2. The first-order valence-corrected chi connectivity index (χ1v) is 14.9. The summed E-state index contributed by atoms with van der Waals surface area (Å²) in [5, 5.41) is -5.84. The van der Waals surface area contributed by atoms with Gasteiger partial charge in [-0.2, -0.15) is 17.6 Å². The number of fused-ring (bicyclic) bond motifs is 1. The maximum Gasteiger partial charge on any atom is 0.396 e. The van der Waals surface area contributed by atoms with Gasteiger partial charge in [-0.05, 0) is 95.3 Å². The van der Waals surface area contributed by atoms with Gasteiger partial charge in [0, 0.05) is 19.0 Å². The number of rotatable bonds is 6. The predicted molar refractivity (Wildman–Crippen MR) is 132 cm³/mol. The highest BCUT2D eigenvalue weighted by molar-refractivity contribution is 14.1. The number of hydrogen-bond acceptors (Lipinski definition) is 8. The van der Waals surface area contributed by atoms with Gasteiger partial charge in [0.25, 0.3) is 5.79 Å². The van der Waals surface area contributed by atoms with Gasteiger partial charge in [-0.25, -0.2) is 13.2 Å². The van der Waals surface area contributed by atoms with E-state index < -0.39 is 57.5 Å². The minimum Gasteiger partial charge on any atom is -0.743 e. The molecule has 15 heteroatoms. The molecule has 2 atom stereocenters. The fourth-order valence-electron chi connectivity index (χ4n) is 6.43. The third-order valence-corrected chi connectivity index (χ3v) is 11.7. The molecular weight excluding hydrogens is 754 g/mol. The fourth-order valence-corrected chi connectivity index (χ4v) is 7.80. The van der Waals surface area contributed by atoms with Crippen molar-refractivity contribution >= 4 is 67.2 Å². The van der Waals surface area contributed by atoms with Crippen LogP contribution in [0.3, 0.4) is 0 Å². The standard InChI is InChI=1S/C22H20F4I2O8S/c23-20(24,22(25,26)37(31,32)33)1-2-34-18(30)19-7-10-3-11(8-19)21(12(4-10)9-19)35-16-6-15(28)14(27)5-13(16)17(29)36-21/h5-6,10-12H,1-4,7-9H2,(H,31,32,33)/p-1. The first-order valence-electron chi connectivity index (χ1n) is 11.3. The minimum atomic E-state index is -6.62. The molecule has 1 aliphatic heterocycles. The monoisotopic (exact) mass is 773 g/mol. The summed E-state index contributed by atoms with van der Waals surface area (Å²) in [6, 6.07) is 3.44. The van der Waals surface area contributed by atoms with E-state index in [9.17, 15) is 40.1 Å². The molecular formula is C22H19F4I2O8S-. The molecule has 0 amide bonds. The van der Waals surface area contributed by atoms with Crippen LogP contribution in [-0.4, -0.2) is 48.5 Å². The quantitative estimate of drug-likeness (QED) is 0.177. The summed E-state index contributed by atoms with van der Waals surface area (Å²) < 4.78 is 105. The number of benzene rings is 1. The van der Waals surface area contributed by atoms with Gasteiger partial charge in [0.1, 0.15) is 11.3 Å². The smallest absolute Gasteiger partial charge is 0.396 e. The molecule has 1 heterocycles. The first-order chi connectivity index (χ1) is 17.0. The van der Waals surface area contributed by atoms with Gasteiger partial charge in [-0.15, -0.1) is 0 Å². The second-order valence-electron chi connectivity index (χ2n) is 10.2. The maximum absolute atomic E-state index is 13.8. The highest BCUT2D eigenvalue weighted by atomic mass is 127. The van der Waals surface area contributed by atoms with Crippen molar-refractivity contribution in [3.63, 3.8) is 0 Å². The molecule has 0 aromatic heterocycles. The first kappa shape index (κ1) is 27.6. The molecule has 204 valence electrons. The number of ether oxygens (including phenoxy) is 3. The van der Waals surface area contributed by atoms with Gasteiger partial charge in [-0.1, -0.05) is 0 Å². The summed E-state index contributed by atoms with van der Waals surface area (Å²) >= 11 is 4.23. The van der Waals surface area contributed by atoms with E-state index in [1.54, 1.807) is 12.1 Å². The van der Waals surface area contributed by atoms with Crippen LogP contribution in [0.15, 0.2) is 12.1 Å². The molecule has 0 radical (unpaired) electrons. The highest BCUT2D eigenvalue weighted by Gasteiger charge is 2.69. The summed E-state index contributed by atoms with van der Waals surface area (Å²) in [6.07, 6.45) is 0.160. The third-order valence-electron chi connectivity index (χ3n) is 7.91. The van der Waals surface area contributed by atoms with E-state index in [1.165, 1.54) is 0 Å². The van der Waals surface area contributed by atoms with Crippen LogP contribution in [0.2, 0.25) is 0 Å². The van der Waals surface area contributed by atoms with E-state index >= 15 is 0 Å². The third kappa shape index (κ3) is 4.24. The minimum absolute atomic E-state index is 0.0626. The van der Waals surface area contributed by atoms with Crippen molar-refractivity contribution in [3.05, 3.63) is 24.8 Å². The van der Waals surface area contributed by atoms with E-state index in [0.717, 1.165) is 7.14 Å². The van der Waals surface area contributed by atoms with Crippen LogP contribution in [0.25, 0.3) is 0 Å². The Bertz CT molecular complexity index is 1270. The summed E-state index contributed by atoms with van der Waals surface area (Å²) in [5.41, 5.74) is -0.794. The Kier molecular flexibility index (Phi) is 6.55. The Hall–Kier alpha value is -0.950. The number of carbonyl (C=O) groups is 2. The Morgan fingerprint density at radius 2 is 1.68 bits per heavy atom. The number of hydrogen-bond donors (Lipinski definition) is 0. The molecule has 4 fully saturated rings. The molecule has 1 spiro atoms. The van der Waals surface area contributed by atoms with Gasteiger partial charge in [-0.3, -0.25) is 4.79 Å². The van der Waals surface area contributed by atoms with E-state index in [-0.39, 0.29) is 30.6 Å². The molecule has 0 saturated heterocycles. The average Bonchev–Trinajstić information content (AvgIpc) is 2.77. The largest absolute Gasteiger partial charge is 0.743 e. The van der Waals surface area contributed by atoms with Crippen molar-refractivity contribution in [1.82, 2.24) is 0 Å². The van der Waals surface area contributed by atoms with Gasteiger partial charge < -0.3 is 18.8 Å². The van der Waals surface area contributed by atoms with Crippen LogP contribution < -0.4 is 4.74 Å². The summed E-state index contributed by atoms with van der Waals surface area (Å²) in [4.78, 5) is 26.0. The molecule has 4 saturated carbocycles.